The van der Waals surface area contributed by atoms with Crippen molar-refractivity contribution >= 4 is 11.6 Å². The topological polar surface area (TPSA) is 114 Å². The Labute approximate surface area is 150 Å². The predicted molar refractivity (Wildman–Crippen MR) is 90.6 cm³/mol. The number of hydrogen-bond acceptors (Lipinski definition) is 7. The zero-order chi connectivity index (χ0) is 18.5. The molecule has 5 atom stereocenters. The minimum absolute atomic E-state index is 0.0340. The zero-order valence-electron chi connectivity index (χ0n) is 14.2. The summed E-state index contributed by atoms with van der Waals surface area (Å²) < 4.78 is 16.4. The Bertz CT molecular complexity index is 803. The van der Waals surface area contributed by atoms with E-state index in [1.54, 1.807) is 25.2 Å². The number of ether oxygens (including phenoxy) is 3. The molecule has 4 rings (SSSR count). The number of carbonyl (C=O) groups is 1. The maximum atomic E-state index is 12.2. The van der Waals surface area contributed by atoms with Crippen LogP contribution >= 0.6 is 0 Å². The van der Waals surface area contributed by atoms with Crippen LogP contribution in [0.4, 0.5) is 5.69 Å². The molecule has 138 valence electrons. The van der Waals surface area contributed by atoms with Gasteiger partial charge in [0.15, 0.2) is 5.60 Å². The van der Waals surface area contributed by atoms with Crippen molar-refractivity contribution in [2.45, 2.75) is 30.0 Å². The summed E-state index contributed by atoms with van der Waals surface area (Å²) in [6, 6.07) is 4.44. The third-order valence-electron chi connectivity index (χ3n) is 4.90. The van der Waals surface area contributed by atoms with Crippen molar-refractivity contribution in [2.75, 3.05) is 31.8 Å². The van der Waals surface area contributed by atoms with E-state index in [0.717, 1.165) is 0 Å². The summed E-state index contributed by atoms with van der Waals surface area (Å²) in [6.45, 7) is 0.192. The molecule has 0 unspecified atom stereocenters. The zero-order valence-corrected chi connectivity index (χ0v) is 14.2. The number of likely N-dealkylation sites (N-methyl/N-ethyl adjacent to an activating group) is 1. The molecule has 1 aromatic rings. The third-order valence-corrected chi connectivity index (χ3v) is 4.90. The van der Waals surface area contributed by atoms with Gasteiger partial charge in [-0.2, -0.15) is 0 Å². The number of anilines is 1. The van der Waals surface area contributed by atoms with Gasteiger partial charge in [0.05, 0.1) is 18.9 Å². The van der Waals surface area contributed by atoms with Gasteiger partial charge in [-0.3, -0.25) is 4.79 Å². The highest BCUT2D eigenvalue weighted by Crippen LogP contribution is 2.34. The average Bonchev–Trinajstić information content (AvgIpc) is 3.15. The molecule has 2 fully saturated rings. The standard InChI is InChI=1S/C18H20N2O6/c1-20-12-6-10(2-3-14(12)24-7-11(19)17(20)22)4-5-18(23)9-26-15-13(21)8-25-16(15)18/h2-3,6,11,13,15-16,21,23H,7-9,19H2,1H3/t11-,13-,15+,16-,18+/m0/s1. The highest BCUT2D eigenvalue weighted by atomic mass is 16.6. The summed E-state index contributed by atoms with van der Waals surface area (Å²) in [5.74, 6) is 6.01. The number of rotatable bonds is 0. The van der Waals surface area contributed by atoms with Crippen LogP contribution in [0.2, 0.25) is 0 Å². The van der Waals surface area contributed by atoms with Crippen LogP contribution < -0.4 is 15.4 Å². The van der Waals surface area contributed by atoms with Gasteiger partial charge in [0.25, 0.3) is 0 Å². The minimum Gasteiger partial charge on any atom is -0.489 e. The maximum absolute atomic E-state index is 12.2. The molecule has 1 aromatic carbocycles. The van der Waals surface area contributed by atoms with Crippen molar-refractivity contribution in [3.63, 3.8) is 0 Å². The number of aliphatic hydroxyl groups excluding tert-OH is 1. The Hall–Kier alpha value is -2.15. The van der Waals surface area contributed by atoms with Gasteiger partial charge in [0.1, 0.15) is 36.7 Å². The highest BCUT2D eigenvalue weighted by molar-refractivity contribution is 5.98. The van der Waals surface area contributed by atoms with Gasteiger partial charge < -0.3 is 35.1 Å². The van der Waals surface area contributed by atoms with Crippen LogP contribution in [0.15, 0.2) is 18.2 Å². The van der Waals surface area contributed by atoms with Gasteiger partial charge in [-0.05, 0) is 18.2 Å². The Balaban J connectivity index is 1.62. The summed E-state index contributed by atoms with van der Waals surface area (Å²) in [4.78, 5) is 13.6. The van der Waals surface area contributed by atoms with E-state index in [4.69, 9.17) is 19.9 Å². The van der Waals surface area contributed by atoms with E-state index in [-0.39, 0.29) is 25.7 Å². The van der Waals surface area contributed by atoms with Crippen LogP contribution in [0.25, 0.3) is 0 Å². The molecule has 4 N–H and O–H groups in total. The normalized spacial score (nSPS) is 35.8. The summed E-state index contributed by atoms with van der Waals surface area (Å²) in [5, 5.41) is 20.5. The van der Waals surface area contributed by atoms with E-state index in [9.17, 15) is 15.0 Å². The monoisotopic (exact) mass is 360 g/mol. The molecule has 3 aliphatic heterocycles. The van der Waals surface area contributed by atoms with Crippen LogP contribution in [0.3, 0.4) is 0 Å². The van der Waals surface area contributed by atoms with E-state index in [0.29, 0.717) is 17.0 Å². The fourth-order valence-corrected chi connectivity index (χ4v) is 3.39. The number of amides is 1. The average molecular weight is 360 g/mol. The molecule has 0 aliphatic carbocycles. The fraction of sp³-hybridized carbons (Fsp3) is 0.500. The first-order chi connectivity index (χ1) is 12.4. The van der Waals surface area contributed by atoms with Crippen LogP contribution in [0.5, 0.6) is 5.75 Å². The van der Waals surface area contributed by atoms with Gasteiger partial charge in [0, 0.05) is 12.6 Å². The molecular weight excluding hydrogens is 340 g/mol. The summed E-state index contributed by atoms with van der Waals surface area (Å²) in [5.41, 5.74) is 5.45. The van der Waals surface area contributed by atoms with Gasteiger partial charge in [-0.15, -0.1) is 0 Å². The van der Waals surface area contributed by atoms with Crippen molar-refractivity contribution in [2.24, 2.45) is 5.73 Å². The molecule has 8 nitrogen and oxygen atoms in total. The smallest absolute Gasteiger partial charge is 0.247 e. The van der Waals surface area contributed by atoms with Gasteiger partial charge >= 0.3 is 0 Å². The number of benzene rings is 1. The van der Waals surface area contributed by atoms with E-state index in [1.807, 2.05) is 0 Å². The van der Waals surface area contributed by atoms with Crippen LogP contribution in [0.1, 0.15) is 5.56 Å². The Morgan fingerprint density at radius 1 is 1.35 bits per heavy atom. The third kappa shape index (κ3) is 2.74. The molecule has 0 bridgehead atoms. The van der Waals surface area contributed by atoms with Gasteiger partial charge in [0.2, 0.25) is 5.91 Å². The number of aliphatic hydroxyl groups is 2. The molecule has 8 heteroatoms. The number of nitrogens with two attached hydrogens (primary N) is 1. The second-order valence-electron chi connectivity index (χ2n) is 6.77. The SMILES string of the molecule is CN1C(=O)[C@@H](N)COc2ccc(C#C[C@@]3(O)CO[C@@H]4[C@@H](O)CO[C@@H]43)cc21. The molecular formula is C18H20N2O6. The molecule has 2 saturated heterocycles. The van der Waals surface area contributed by atoms with E-state index in [1.165, 1.54) is 4.90 Å². The molecule has 0 aromatic heterocycles. The van der Waals surface area contributed by atoms with Crippen molar-refractivity contribution in [1.29, 1.82) is 0 Å². The van der Waals surface area contributed by atoms with Crippen molar-refractivity contribution in [1.82, 2.24) is 0 Å². The number of nitrogens with zero attached hydrogens (tertiary/aromatic N) is 1. The highest BCUT2D eigenvalue weighted by Gasteiger charge is 2.55. The van der Waals surface area contributed by atoms with E-state index < -0.39 is 30.0 Å². The van der Waals surface area contributed by atoms with E-state index >= 15 is 0 Å². The molecule has 3 heterocycles. The lowest BCUT2D eigenvalue weighted by molar-refractivity contribution is -0.119. The van der Waals surface area contributed by atoms with Gasteiger partial charge in [-0.25, -0.2) is 0 Å². The molecule has 1 amide bonds. The number of carbonyl (C=O) groups excluding carboxylic acids is 1. The van der Waals surface area contributed by atoms with Crippen LogP contribution in [0, 0.1) is 11.8 Å². The lowest BCUT2D eigenvalue weighted by atomic mass is 9.96. The van der Waals surface area contributed by atoms with E-state index in [2.05, 4.69) is 11.8 Å². The van der Waals surface area contributed by atoms with Gasteiger partial charge in [-0.1, -0.05) is 11.8 Å². The summed E-state index contributed by atoms with van der Waals surface area (Å²) in [6.07, 6.45) is -2.01. The first-order valence-electron chi connectivity index (χ1n) is 8.36. The van der Waals surface area contributed by atoms with Crippen molar-refractivity contribution in [3.8, 4) is 17.6 Å². The summed E-state index contributed by atoms with van der Waals surface area (Å²) >= 11 is 0. The predicted octanol–water partition coefficient (Wildman–Crippen LogP) is -1.39. The first kappa shape index (κ1) is 17.3. The second kappa shape index (κ2) is 6.23. The second-order valence-corrected chi connectivity index (χ2v) is 6.77. The molecule has 0 spiro atoms. The largest absolute Gasteiger partial charge is 0.489 e. The van der Waals surface area contributed by atoms with Crippen LogP contribution in [-0.4, -0.2) is 72.9 Å². The fourth-order valence-electron chi connectivity index (χ4n) is 3.39. The Kier molecular flexibility index (Phi) is 4.14. The summed E-state index contributed by atoms with van der Waals surface area (Å²) in [7, 11) is 1.63. The molecule has 3 aliphatic rings. The number of hydrogen-bond donors (Lipinski definition) is 3. The molecule has 0 saturated carbocycles. The quantitative estimate of drug-likeness (QED) is 0.488. The maximum Gasteiger partial charge on any atom is 0.247 e. The number of fused-ring (bicyclic) bond motifs is 2. The lowest BCUT2D eigenvalue weighted by Crippen LogP contribution is -2.43. The van der Waals surface area contributed by atoms with Crippen molar-refractivity contribution in [3.05, 3.63) is 23.8 Å². The lowest BCUT2D eigenvalue weighted by Gasteiger charge is -2.20. The van der Waals surface area contributed by atoms with Crippen LogP contribution in [-0.2, 0) is 14.3 Å². The van der Waals surface area contributed by atoms with Crippen molar-refractivity contribution < 1.29 is 29.2 Å². The molecule has 26 heavy (non-hydrogen) atoms. The molecule has 0 radical (unpaired) electrons. The first-order valence-corrected chi connectivity index (χ1v) is 8.36. The Morgan fingerprint density at radius 3 is 2.96 bits per heavy atom. The minimum atomic E-state index is -1.49. The Morgan fingerprint density at radius 2 is 2.15 bits per heavy atom.